The molecule has 0 saturated heterocycles. The summed E-state index contributed by atoms with van der Waals surface area (Å²) in [6.45, 7) is 0.838. The molecule has 0 radical (unpaired) electrons. The molecule has 2 amide bonds. The van der Waals surface area contributed by atoms with Crippen molar-refractivity contribution in [2.24, 2.45) is 0 Å². The molecule has 2 rings (SSSR count). The lowest BCUT2D eigenvalue weighted by molar-refractivity contribution is -0.165. The van der Waals surface area contributed by atoms with Crippen LogP contribution in [0.2, 0.25) is 0 Å². The summed E-state index contributed by atoms with van der Waals surface area (Å²) in [5.74, 6) is -0.927. The Morgan fingerprint density at radius 1 is 1.19 bits per heavy atom. The number of carbonyl (C=O) groups is 3. The molecule has 21 heavy (non-hydrogen) atoms. The number of amides is 2. The topological polar surface area (TPSA) is 66.9 Å². The summed E-state index contributed by atoms with van der Waals surface area (Å²) in [4.78, 5) is 42.5. The number of rotatable bonds is 6. The van der Waals surface area contributed by atoms with E-state index in [1.54, 1.807) is 12.1 Å². The van der Waals surface area contributed by atoms with Crippen molar-refractivity contribution in [2.75, 3.05) is 32.1 Å². The SMILES string of the molecule is CN(C)CCSCC(=O)ON1C(=O)c2ccccc2C1=O. The van der Waals surface area contributed by atoms with Gasteiger partial charge in [-0.05, 0) is 26.2 Å². The van der Waals surface area contributed by atoms with E-state index in [-0.39, 0.29) is 16.9 Å². The maximum atomic E-state index is 12.0. The number of nitrogens with zero attached hydrogens (tertiary/aromatic N) is 2. The average Bonchev–Trinajstić information content (AvgIpc) is 2.69. The normalized spacial score (nSPS) is 13.8. The Balaban J connectivity index is 1.88. The van der Waals surface area contributed by atoms with Gasteiger partial charge in [0.25, 0.3) is 11.8 Å². The van der Waals surface area contributed by atoms with Crippen LogP contribution in [0, 0.1) is 0 Å². The maximum Gasteiger partial charge on any atom is 0.343 e. The zero-order valence-corrected chi connectivity index (χ0v) is 12.7. The summed E-state index contributed by atoms with van der Waals surface area (Å²) in [6, 6.07) is 6.39. The summed E-state index contributed by atoms with van der Waals surface area (Å²) in [6.07, 6.45) is 0. The van der Waals surface area contributed by atoms with Crippen LogP contribution in [0.15, 0.2) is 24.3 Å². The van der Waals surface area contributed by atoms with E-state index in [1.807, 2.05) is 19.0 Å². The first-order valence-electron chi connectivity index (χ1n) is 6.42. The lowest BCUT2D eigenvalue weighted by Crippen LogP contribution is -2.33. The molecule has 112 valence electrons. The highest BCUT2D eigenvalue weighted by Crippen LogP contribution is 2.22. The van der Waals surface area contributed by atoms with Crippen LogP contribution < -0.4 is 0 Å². The highest BCUT2D eigenvalue weighted by molar-refractivity contribution is 7.99. The van der Waals surface area contributed by atoms with Gasteiger partial charge in [0.05, 0.1) is 16.9 Å². The third-order valence-electron chi connectivity index (χ3n) is 2.85. The third kappa shape index (κ3) is 3.62. The first-order valence-corrected chi connectivity index (χ1v) is 7.57. The second kappa shape index (κ2) is 6.73. The van der Waals surface area contributed by atoms with Gasteiger partial charge in [-0.3, -0.25) is 9.59 Å². The van der Waals surface area contributed by atoms with E-state index in [2.05, 4.69) is 0 Å². The highest BCUT2D eigenvalue weighted by Gasteiger charge is 2.38. The number of hydroxylamine groups is 2. The Morgan fingerprint density at radius 3 is 2.29 bits per heavy atom. The predicted molar refractivity (Wildman–Crippen MR) is 78.9 cm³/mol. The van der Waals surface area contributed by atoms with Gasteiger partial charge in [-0.1, -0.05) is 17.2 Å². The van der Waals surface area contributed by atoms with Gasteiger partial charge in [-0.15, -0.1) is 11.8 Å². The van der Waals surface area contributed by atoms with E-state index in [9.17, 15) is 14.4 Å². The van der Waals surface area contributed by atoms with Crippen molar-refractivity contribution in [2.45, 2.75) is 0 Å². The Morgan fingerprint density at radius 2 is 1.76 bits per heavy atom. The standard InChI is InChI=1S/C14H16N2O4S/c1-15(2)7-8-21-9-12(17)20-16-13(18)10-5-3-4-6-11(10)14(16)19/h3-6H,7-9H2,1-2H3. The molecule has 1 aliphatic rings. The van der Waals surface area contributed by atoms with Gasteiger partial charge in [0, 0.05) is 12.3 Å². The number of carbonyl (C=O) groups excluding carboxylic acids is 3. The molecular formula is C14H16N2O4S. The first-order chi connectivity index (χ1) is 10.0. The minimum atomic E-state index is -0.603. The molecule has 6 nitrogen and oxygen atoms in total. The van der Waals surface area contributed by atoms with E-state index in [4.69, 9.17) is 4.84 Å². The van der Waals surface area contributed by atoms with Crippen LogP contribution in [0.5, 0.6) is 0 Å². The number of imide groups is 1. The molecule has 0 fully saturated rings. The van der Waals surface area contributed by atoms with Crippen molar-refractivity contribution >= 4 is 29.5 Å². The van der Waals surface area contributed by atoms with E-state index in [1.165, 1.54) is 23.9 Å². The molecule has 1 heterocycles. The summed E-state index contributed by atoms with van der Waals surface area (Å²) in [5, 5.41) is 0.541. The van der Waals surface area contributed by atoms with Gasteiger partial charge in [0.1, 0.15) is 0 Å². The molecule has 0 atom stereocenters. The largest absolute Gasteiger partial charge is 0.343 e. The number of hydrogen-bond donors (Lipinski definition) is 0. The van der Waals surface area contributed by atoms with Crippen LogP contribution >= 0.6 is 11.8 Å². The molecule has 0 spiro atoms. The van der Waals surface area contributed by atoms with Crippen molar-refractivity contribution in [3.8, 4) is 0 Å². The lowest BCUT2D eigenvalue weighted by Gasteiger charge is -2.13. The minimum absolute atomic E-state index is 0.0985. The predicted octanol–water partition coefficient (Wildman–Crippen LogP) is 1.04. The Hall–Kier alpha value is -1.86. The Labute approximate surface area is 127 Å². The van der Waals surface area contributed by atoms with E-state index < -0.39 is 17.8 Å². The fourth-order valence-corrected chi connectivity index (χ4v) is 2.64. The number of fused-ring (bicyclic) bond motifs is 1. The second-order valence-electron chi connectivity index (χ2n) is 4.77. The molecule has 0 unspecified atom stereocenters. The van der Waals surface area contributed by atoms with Crippen LogP contribution in [0.25, 0.3) is 0 Å². The van der Waals surface area contributed by atoms with E-state index in [0.717, 1.165) is 12.3 Å². The minimum Gasteiger partial charge on any atom is -0.329 e. The molecule has 0 saturated carbocycles. The fraction of sp³-hybridized carbons (Fsp3) is 0.357. The van der Waals surface area contributed by atoms with Gasteiger partial charge >= 0.3 is 5.97 Å². The zero-order chi connectivity index (χ0) is 15.4. The van der Waals surface area contributed by atoms with Crippen LogP contribution in [0.4, 0.5) is 0 Å². The number of hydrogen-bond acceptors (Lipinski definition) is 6. The smallest absolute Gasteiger partial charge is 0.329 e. The van der Waals surface area contributed by atoms with Crippen LogP contribution in [-0.4, -0.2) is 59.9 Å². The molecule has 0 aliphatic carbocycles. The van der Waals surface area contributed by atoms with Gasteiger partial charge in [-0.2, -0.15) is 0 Å². The van der Waals surface area contributed by atoms with E-state index >= 15 is 0 Å². The zero-order valence-electron chi connectivity index (χ0n) is 11.9. The molecule has 1 aliphatic heterocycles. The van der Waals surface area contributed by atoms with Crippen molar-refractivity contribution in [1.29, 1.82) is 0 Å². The van der Waals surface area contributed by atoms with Gasteiger partial charge in [0.2, 0.25) is 0 Å². The third-order valence-corrected chi connectivity index (χ3v) is 3.76. The molecule has 1 aromatic carbocycles. The van der Waals surface area contributed by atoms with Crippen molar-refractivity contribution in [1.82, 2.24) is 9.96 Å². The fourth-order valence-electron chi connectivity index (χ4n) is 1.78. The number of thioether (sulfide) groups is 1. The lowest BCUT2D eigenvalue weighted by atomic mass is 10.1. The molecular weight excluding hydrogens is 292 g/mol. The maximum absolute atomic E-state index is 12.0. The monoisotopic (exact) mass is 308 g/mol. The summed E-state index contributed by atoms with van der Waals surface area (Å²) >= 11 is 1.39. The first kappa shape index (κ1) is 15.5. The van der Waals surface area contributed by atoms with Gasteiger partial charge in [-0.25, -0.2) is 4.79 Å². The Bertz CT molecular complexity index is 539. The van der Waals surface area contributed by atoms with Gasteiger partial charge < -0.3 is 9.74 Å². The van der Waals surface area contributed by atoms with Crippen LogP contribution in [-0.2, 0) is 9.63 Å². The average molecular weight is 308 g/mol. The molecule has 7 heteroatoms. The van der Waals surface area contributed by atoms with E-state index in [0.29, 0.717) is 5.06 Å². The Kier molecular flexibility index (Phi) is 4.98. The van der Waals surface area contributed by atoms with Crippen molar-refractivity contribution < 1.29 is 19.2 Å². The summed E-state index contributed by atoms with van der Waals surface area (Å²) in [7, 11) is 3.88. The van der Waals surface area contributed by atoms with Crippen LogP contribution in [0.1, 0.15) is 20.7 Å². The number of benzene rings is 1. The van der Waals surface area contributed by atoms with Crippen LogP contribution in [0.3, 0.4) is 0 Å². The molecule has 0 aromatic heterocycles. The quantitative estimate of drug-likeness (QED) is 0.578. The highest BCUT2D eigenvalue weighted by atomic mass is 32.2. The summed E-state index contributed by atoms with van der Waals surface area (Å²) < 4.78 is 0. The second-order valence-corrected chi connectivity index (χ2v) is 5.87. The molecule has 0 N–H and O–H groups in total. The van der Waals surface area contributed by atoms with Crippen molar-refractivity contribution in [3.05, 3.63) is 35.4 Å². The molecule has 0 bridgehead atoms. The molecule has 1 aromatic rings. The van der Waals surface area contributed by atoms with Gasteiger partial charge in [0.15, 0.2) is 0 Å². The van der Waals surface area contributed by atoms with Crippen molar-refractivity contribution in [3.63, 3.8) is 0 Å². The summed E-state index contributed by atoms with van der Waals surface area (Å²) in [5.41, 5.74) is 0.520.